The van der Waals surface area contributed by atoms with E-state index >= 15 is 0 Å². The molecule has 0 atom stereocenters. The summed E-state index contributed by atoms with van der Waals surface area (Å²) in [5.41, 5.74) is 1.34. The zero-order valence-electron chi connectivity index (χ0n) is 10.2. The van der Waals surface area contributed by atoms with E-state index in [1.165, 1.54) is 0 Å². The van der Waals surface area contributed by atoms with Crippen LogP contribution in [0.4, 0.5) is 0 Å². The number of nitrogens with zero attached hydrogens (tertiary/aromatic N) is 3. The van der Waals surface area contributed by atoms with Crippen LogP contribution in [0.15, 0.2) is 45.8 Å². The van der Waals surface area contributed by atoms with Crippen molar-refractivity contribution in [3.63, 3.8) is 0 Å². The number of aromatic nitrogens is 3. The van der Waals surface area contributed by atoms with Crippen molar-refractivity contribution in [2.75, 3.05) is 0 Å². The Morgan fingerprint density at radius 3 is 2.80 bits per heavy atom. The Kier molecular flexibility index (Phi) is 3.00. The maximum absolute atomic E-state index is 10.7. The summed E-state index contributed by atoms with van der Waals surface area (Å²) in [5.74, 6) is -0.248. The van der Waals surface area contributed by atoms with Crippen LogP contribution in [0.25, 0.3) is 11.3 Å². The largest absolute Gasteiger partial charge is 0.476 e. The number of hydrogen-bond donors (Lipinski definition) is 1. The Morgan fingerprint density at radius 1 is 1.30 bits per heavy atom. The highest BCUT2D eigenvalue weighted by molar-refractivity contribution is 5.84. The van der Waals surface area contributed by atoms with Crippen molar-refractivity contribution in [1.29, 1.82) is 0 Å². The van der Waals surface area contributed by atoms with Gasteiger partial charge in [-0.2, -0.15) is 0 Å². The van der Waals surface area contributed by atoms with Crippen LogP contribution >= 0.6 is 0 Å². The molecular formula is C13H9N3O4. The van der Waals surface area contributed by atoms with Gasteiger partial charge < -0.3 is 14.0 Å². The SMILES string of the molecule is O=C(O)c1coc(Cc2cc(-c3ccncc3)on2)n1. The van der Waals surface area contributed by atoms with Crippen LogP contribution in [0.3, 0.4) is 0 Å². The van der Waals surface area contributed by atoms with Crippen LogP contribution in [0.5, 0.6) is 0 Å². The fourth-order valence-electron chi connectivity index (χ4n) is 1.69. The lowest BCUT2D eigenvalue weighted by atomic mass is 10.2. The first-order valence-corrected chi connectivity index (χ1v) is 5.76. The van der Waals surface area contributed by atoms with Crippen molar-refractivity contribution in [2.24, 2.45) is 0 Å². The van der Waals surface area contributed by atoms with Crippen LogP contribution < -0.4 is 0 Å². The summed E-state index contributed by atoms with van der Waals surface area (Å²) in [6.45, 7) is 0. The van der Waals surface area contributed by atoms with E-state index in [9.17, 15) is 4.79 Å². The molecule has 0 saturated carbocycles. The van der Waals surface area contributed by atoms with E-state index in [1.54, 1.807) is 30.6 Å². The third-order valence-electron chi connectivity index (χ3n) is 2.63. The molecule has 0 aliphatic carbocycles. The van der Waals surface area contributed by atoms with Gasteiger partial charge in [-0.25, -0.2) is 9.78 Å². The molecule has 1 N–H and O–H groups in total. The molecule has 3 aromatic heterocycles. The number of hydrogen-bond acceptors (Lipinski definition) is 6. The second-order valence-corrected chi connectivity index (χ2v) is 4.03. The normalized spacial score (nSPS) is 10.6. The van der Waals surface area contributed by atoms with E-state index in [-0.39, 0.29) is 18.0 Å². The first-order valence-electron chi connectivity index (χ1n) is 5.76. The third-order valence-corrected chi connectivity index (χ3v) is 2.63. The van der Waals surface area contributed by atoms with Gasteiger partial charge in [-0.15, -0.1) is 0 Å². The lowest BCUT2D eigenvalue weighted by molar-refractivity contribution is 0.0690. The summed E-state index contributed by atoms with van der Waals surface area (Å²) in [5, 5.41) is 12.7. The lowest BCUT2D eigenvalue weighted by Gasteiger charge is -1.91. The molecule has 0 unspecified atom stereocenters. The molecule has 7 heteroatoms. The fraction of sp³-hybridized carbons (Fsp3) is 0.0769. The Balaban J connectivity index is 1.78. The van der Waals surface area contributed by atoms with E-state index in [0.29, 0.717) is 11.5 Å². The van der Waals surface area contributed by atoms with Crippen molar-refractivity contribution in [2.45, 2.75) is 6.42 Å². The highest BCUT2D eigenvalue weighted by Gasteiger charge is 2.13. The molecule has 3 heterocycles. The first-order chi connectivity index (χ1) is 9.72. The minimum Gasteiger partial charge on any atom is -0.476 e. The highest BCUT2D eigenvalue weighted by atomic mass is 16.5. The van der Waals surface area contributed by atoms with Gasteiger partial charge in [0, 0.05) is 24.0 Å². The Bertz CT molecular complexity index is 733. The molecule has 0 saturated heterocycles. The summed E-state index contributed by atoms with van der Waals surface area (Å²) in [6.07, 6.45) is 4.68. The predicted molar refractivity (Wildman–Crippen MR) is 66.0 cm³/mol. The fourth-order valence-corrected chi connectivity index (χ4v) is 1.69. The average molecular weight is 271 g/mol. The molecule has 0 aliphatic rings. The molecule has 0 aromatic carbocycles. The molecular weight excluding hydrogens is 262 g/mol. The van der Waals surface area contributed by atoms with Gasteiger partial charge in [0.1, 0.15) is 6.26 Å². The van der Waals surface area contributed by atoms with Crippen LogP contribution in [0.2, 0.25) is 0 Å². The molecule has 0 radical (unpaired) electrons. The maximum Gasteiger partial charge on any atom is 0.357 e. The second kappa shape index (κ2) is 4.96. The lowest BCUT2D eigenvalue weighted by Crippen LogP contribution is -1.97. The topological polar surface area (TPSA) is 102 Å². The number of carbonyl (C=O) groups is 1. The van der Waals surface area contributed by atoms with E-state index in [2.05, 4.69) is 15.1 Å². The first kappa shape index (κ1) is 12.1. The van der Waals surface area contributed by atoms with Gasteiger partial charge >= 0.3 is 5.97 Å². The predicted octanol–water partition coefficient (Wildman–Crippen LogP) is 2.01. The van der Waals surface area contributed by atoms with Crippen LogP contribution in [0.1, 0.15) is 22.1 Å². The zero-order chi connectivity index (χ0) is 13.9. The van der Waals surface area contributed by atoms with Gasteiger partial charge in [-0.3, -0.25) is 4.98 Å². The molecule has 0 fully saturated rings. The van der Waals surface area contributed by atoms with Crippen molar-refractivity contribution < 1.29 is 18.8 Å². The van der Waals surface area contributed by atoms with Gasteiger partial charge in [-0.1, -0.05) is 5.16 Å². The average Bonchev–Trinajstić information content (AvgIpc) is 3.10. The van der Waals surface area contributed by atoms with Crippen molar-refractivity contribution in [3.05, 3.63) is 54.1 Å². The third kappa shape index (κ3) is 2.41. The summed E-state index contributed by atoms with van der Waals surface area (Å²) in [6, 6.07) is 5.36. The Labute approximate surface area is 112 Å². The number of carboxylic acid groups (broad SMARTS) is 1. The van der Waals surface area contributed by atoms with Crippen molar-refractivity contribution >= 4 is 5.97 Å². The van der Waals surface area contributed by atoms with Gasteiger partial charge in [-0.05, 0) is 12.1 Å². The molecule has 0 aliphatic heterocycles. The molecule has 0 amide bonds. The Morgan fingerprint density at radius 2 is 2.10 bits per heavy atom. The maximum atomic E-state index is 10.7. The van der Waals surface area contributed by atoms with Crippen LogP contribution in [-0.2, 0) is 6.42 Å². The minimum atomic E-state index is -1.13. The summed E-state index contributed by atoms with van der Waals surface area (Å²) < 4.78 is 10.3. The zero-order valence-corrected chi connectivity index (χ0v) is 10.2. The van der Waals surface area contributed by atoms with Gasteiger partial charge in [0.25, 0.3) is 0 Å². The molecule has 0 spiro atoms. The summed E-state index contributed by atoms with van der Waals surface area (Å²) in [7, 11) is 0. The smallest absolute Gasteiger partial charge is 0.357 e. The summed E-state index contributed by atoms with van der Waals surface area (Å²) >= 11 is 0. The quantitative estimate of drug-likeness (QED) is 0.774. The van der Waals surface area contributed by atoms with Crippen molar-refractivity contribution in [3.8, 4) is 11.3 Å². The van der Waals surface area contributed by atoms with Crippen LogP contribution in [0, 0.1) is 0 Å². The number of aromatic carboxylic acids is 1. The van der Waals surface area contributed by atoms with E-state index < -0.39 is 5.97 Å². The molecule has 0 bridgehead atoms. The van der Waals surface area contributed by atoms with Gasteiger partial charge in [0.15, 0.2) is 11.5 Å². The van der Waals surface area contributed by atoms with Gasteiger partial charge in [0.2, 0.25) is 5.89 Å². The molecule has 100 valence electrons. The number of pyridine rings is 1. The molecule has 3 rings (SSSR count). The standard InChI is InChI=1S/C13H9N3O4/c17-13(18)10-7-19-12(15-10)6-9-5-11(20-16-9)8-1-3-14-4-2-8/h1-5,7H,6H2,(H,17,18). The number of carboxylic acids is 1. The van der Waals surface area contributed by atoms with E-state index in [1.807, 2.05) is 0 Å². The molecule has 7 nitrogen and oxygen atoms in total. The van der Waals surface area contributed by atoms with Crippen LogP contribution in [-0.4, -0.2) is 26.2 Å². The number of oxazole rings is 1. The molecule has 3 aromatic rings. The van der Waals surface area contributed by atoms with Crippen molar-refractivity contribution in [1.82, 2.24) is 15.1 Å². The Hall–Kier alpha value is -2.96. The number of rotatable bonds is 4. The minimum absolute atomic E-state index is 0.127. The molecule has 20 heavy (non-hydrogen) atoms. The van der Waals surface area contributed by atoms with E-state index in [4.69, 9.17) is 14.0 Å². The van der Waals surface area contributed by atoms with Gasteiger partial charge in [0.05, 0.1) is 12.1 Å². The second-order valence-electron chi connectivity index (χ2n) is 4.03. The summed E-state index contributed by atoms with van der Waals surface area (Å²) in [4.78, 5) is 18.4. The highest BCUT2D eigenvalue weighted by Crippen LogP contribution is 2.20. The monoisotopic (exact) mass is 271 g/mol. The van der Waals surface area contributed by atoms with E-state index in [0.717, 1.165) is 11.8 Å².